The Labute approximate surface area is 188 Å². The van der Waals surface area contributed by atoms with E-state index in [9.17, 15) is 5.11 Å². The molecule has 0 bridgehead atoms. The van der Waals surface area contributed by atoms with Crippen molar-refractivity contribution in [1.82, 2.24) is 0 Å². The van der Waals surface area contributed by atoms with Gasteiger partial charge in [0.1, 0.15) is 0 Å². The largest absolute Gasteiger partial charge is 0.390 e. The van der Waals surface area contributed by atoms with Gasteiger partial charge in [-0.15, -0.1) is 0 Å². The highest BCUT2D eigenvalue weighted by atomic mass is 16.3. The summed E-state index contributed by atoms with van der Waals surface area (Å²) in [7, 11) is 0. The molecule has 4 rings (SSSR count). The zero-order valence-electron chi connectivity index (χ0n) is 21.0. The number of hydrogen-bond acceptors (Lipinski definition) is 1. The third-order valence-corrected chi connectivity index (χ3v) is 11.5. The normalized spacial score (nSPS) is 49.2. The topological polar surface area (TPSA) is 20.2 Å². The van der Waals surface area contributed by atoms with Crippen LogP contribution in [0.2, 0.25) is 0 Å². The zero-order valence-corrected chi connectivity index (χ0v) is 21.0. The minimum atomic E-state index is -0.396. The fourth-order valence-corrected chi connectivity index (χ4v) is 9.42. The van der Waals surface area contributed by atoms with Crippen molar-refractivity contribution in [2.24, 2.45) is 46.3 Å². The van der Waals surface area contributed by atoms with Gasteiger partial charge in [0.2, 0.25) is 0 Å². The summed E-state index contributed by atoms with van der Waals surface area (Å²) in [5, 5.41) is 10.7. The van der Waals surface area contributed by atoms with E-state index < -0.39 is 5.60 Å². The number of rotatable bonds is 7. The molecular formula is C29H52O. The molecule has 1 heteroatoms. The van der Waals surface area contributed by atoms with Gasteiger partial charge >= 0.3 is 0 Å². The maximum atomic E-state index is 10.7. The smallest absolute Gasteiger partial charge is 0.0622 e. The summed E-state index contributed by atoms with van der Waals surface area (Å²) in [5.74, 6) is 5.64. The Morgan fingerprint density at radius 2 is 1.57 bits per heavy atom. The Kier molecular flexibility index (Phi) is 6.72. The predicted molar refractivity (Wildman–Crippen MR) is 128 cm³/mol. The molecule has 0 aliphatic heterocycles. The maximum absolute atomic E-state index is 10.7. The Balaban J connectivity index is 1.38. The second-order valence-electron chi connectivity index (χ2n) is 13.4. The van der Waals surface area contributed by atoms with Crippen LogP contribution in [0.4, 0.5) is 0 Å². The van der Waals surface area contributed by atoms with Crippen LogP contribution in [0, 0.1) is 46.3 Å². The minimum absolute atomic E-state index is 0.396. The lowest BCUT2D eigenvalue weighted by atomic mass is 9.44. The molecule has 0 aromatic carbocycles. The van der Waals surface area contributed by atoms with E-state index in [-0.39, 0.29) is 0 Å². The van der Waals surface area contributed by atoms with Crippen molar-refractivity contribution in [3.05, 3.63) is 0 Å². The molecule has 0 heterocycles. The lowest BCUT2D eigenvalue weighted by Gasteiger charge is -2.62. The van der Waals surface area contributed by atoms with Crippen molar-refractivity contribution < 1.29 is 5.11 Å². The molecule has 0 aromatic heterocycles. The molecule has 9 atom stereocenters. The molecule has 0 saturated heterocycles. The van der Waals surface area contributed by atoms with Crippen LogP contribution < -0.4 is 0 Å². The first kappa shape index (κ1) is 23.1. The average Bonchev–Trinajstić information content (AvgIpc) is 3.03. The molecule has 174 valence electrons. The molecule has 30 heavy (non-hydrogen) atoms. The van der Waals surface area contributed by atoms with Crippen molar-refractivity contribution in [3.63, 3.8) is 0 Å². The first-order valence-electron chi connectivity index (χ1n) is 13.9. The van der Waals surface area contributed by atoms with Crippen LogP contribution in [0.15, 0.2) is 0 Å². The first-order chi connectivity index (χ1) is 14.2. The van der Waals surface area contributed by atoms with Gasteiger partial charge in [-0.05, 0) is 117 Å². The quantitative estimate of drug-likeness (QED) is 0.441. The van der Waals surface area contributed by atoms with Gasteiger partial charge in [-0.25, -0.2) is 0 Å². The number of fused-ring (bicyclic) bond motifs is 5. The lowest BCUT2D eigenvalue weighted by Crippen LogP contribution is -2.55. The van der Waals surface area contributed by atoms with Crippen molar-refractivity contribution in [3.8, 4) is 0 Å². The molecule has 4 aliphatic carbocycles. The molecule has 1 nitrogen and oxygen atoms in total. The predicted octanol–water partition coefficient (Wildman–Crippen LogP) is 8.39. The van der Waals surface area contributed by atoms with Gasteiger partial charge in [0.15, 0.2) is 0 Å². The Morgan fingerprint density at radius 1 is 0.833 bits per heavy atom. The van der Waals surface area contributed by atoms with E-state index >= 15 is 0 Å². The summed E-state index contributed by atoms with van der Waals surface area (Å²) in [5.41, 5.74) is 0.753. The van der Waals surface area contributed by atoms with Crippen LogP contribution in [0.1, 0.15) is 131 Å². The van der Waals surface area contributed by atoms with Crippen LogP contribution >= 0.6 is 0 Å². The molecular weight excluding hydrogens is 364 g/mol. The first-order valence-corrected chi connectivity index (χ1v) is 13.9. The highest BCUT2D eigenvalue weighted by Crippen LogP contribution is 2.68. The van der Waals surface area contributed by atoms with Crippen LogP contribution in [-0.4, -0.2) is 10.7 Å². The second-order valence-corrected chi connectivity index (χ2v) is 13.4. The molecule has 4 fully saturated rings. The van der Waals surface area contributed by atoms with Gasteiger partial charge in [0.25, 0.3) is 0 Å². The number of unbranched alkanes of at least 4 members (excludes halogenated alkanes) is 1. The highest BCUT2D eigenvalue weighted by Gasteiger charge is 2.60. The molecule has 0 aromatic rings. The average molecular weight is 417 g/mol. The fraction of sp³-hybridized carbons (Fsp3) is 1.00. The van der Waals surface area contributed by atoms with E-state index in [1.54, 1.807) is 0 Å². The Hall–Kier alpha value is -0.0400. The van der Waals surface area contributed by atoms with Crippen LogP contribution in [-0.2, 0) is 0 Å². The van der Waals surface area contributed by atoms with Gasteiger partial charge in [-0.1, -0.05) is 59.8 Å². The molecule has 0 spiro atoms. The minimum Gasteiger partial charge on any atom is -0.390 e. The second kappa shape index (κ2) is 8.72. The van der Waals surface area contributed by atoms with Crippen LogP contribution in [0.3, 0.4) is 0 Å². The third kappa shape index (κ3) is 4.15. The molecule has 6 unspecified atom stereocenters. The fourth-order valence-electron chi connectivity index (χ4n) is 9.42. The number of hydrogen-bond donors (Lipinski definition) is 1. The van der Waals surface area contributed by atoms with E-state index in [1.807, 2.05) is 0 Å². The van der Waals surface area contributed by atoms with Gasteiger partial charge in [0, 0.05) is 0 Å². The van der Waals surface area contributed by atoms with Crippen molar-refractivity contribution in [2.75, 3.05) is 0 Å². The monoisotopic (exact) mass is 416 g/mol. The van der Waals surface area contributed by atoms with Gasteiger partial charge in [-0.2, -0.15) is 0 Å². The van der Waals surface area contributed by atoms with Gasteiger partial charge < -0.3 is 5.11 Å². The van der Waals surface area contributed by atoms with Crippen molar-refractivity contribution >= 4 is 0 Å². The Bertz CT molecular complexity index is 581. The summed E-state index contributed by atoms with van der Waals surface area (Å²) < 4.78 is 0. The van der Waals surface area contributed by atoms with E-state index in [2.05, 4.69) is 34.6 Å². The van der Waals surface area contributed by atoms with E-state index in [4.69, 9.17) is 0 Å². The third-order valence-electron chi connectivity index (χ3n) is 11.5. The zero-order chi connectivity index (χ0) is 21.6. The maximum Gasteiger partial charge on any atom is 0.0622 e. The Morgan fingerprint density at radius 3 is 2.33 bits per heavy atom. The van der Waals surface area contributed by atoms with Gasteiger partial charge in [0.05, 0.1) is 5.60 Å². The van der Waals surface area contributed by atoms with Crippen molar-refractivity contribution in [2.45, 2.75) is 137 Å². The van der Waals surface area contributed by atoms with E-state index in [1.165, 1.54) is 83.5 Å². The summed E-state index contributed by atoms with van der Waals surface area (Å²) >= 11 is 0. The molecule has 4 saturated carbocycles. The summed E-state index contributed by atoms with van der Waals surface area (Å²) in [6, 6.07) is 0. The van der Waals surface area contributed by atoms with Crippen molar-refractivity contribution in [1.29, 1.82) is 0 Å². The molecule has 4 aliphatic rings. The SMILES string of the molecule is CCCC[C@H](C)CCC[C@H]1CCC2C3CCC4C[C@@](C)(O)CCC4(C)C3CCC21C. The molecule has 1 N–H and O–H groups in total. The lowest BCUT2D eigenvalue weighted by molar-refractivity contribution is -0.146. The van der Waals surface area contributed by atoms with Crippen LogP contribution in [0.25, 0.3) is 0 Å². The summed E-state index contributed by atoms with van der Waals surface area (Å²) in [4.78, 5) is 0. The number of aliphatic hydroxyl groups is 1. The summed E-state index contributed by atoms with van der Waals surface area (Å²) in [6.07, 6.45) is 20.9. The van der Waals surface area contributed by atoms with Gasteiger partial charge in [-0.3, -0.25) is 0 Å². The van der Waals surface area contributed by atoms with E-state index in [0.717, 1.165) is 48.3 Å². The van der Waals surface area contributed by atoms with Crippen LogP contribution in [0.5, 0.6) is 0 Å². The molecule has 0 amide bonds. The standard InChI is InChI=1S/C29H52O/c1-6-7-9-21(2)10-8-11-22-13-15-25-24-14-12-23-20-27(3,30)18-19-29(23,5)26(24)16-17-28(22,25)4/h21-26,30H,6-20H2,1-5H3/t21-,22-,23?,24?,25?,26?,27-,28?,29?/m0/s1. The summed E-state index contributed by atoms with van der Waals surface area (Å²) in [6.45, 7) is 12.3. The molecule has 0 radical (unpaired) electrons. The highest BCUT2D eigenvalue weighted by molar-refractivity contribution is 5.10. The van der Waals surface area contributed by atoms with E-state index in [0.29, 0.717) is 10.8 Å².